The molecular weight excluding hydrogens is 244 g/mol. The summed E-state index contributed by atoms with van der Waals surface area (Å²) in [5, 5.41) is 0. The Kier molecular flexibility index (Phi) is 4.20. The molecule has 4 nitrogen and oxygen atoms in total. The maximum atomic E-state index is 12.5. The molecule has 2 rings (SSSR count). The van der Waals surface area contributed by atoms with Crippen LogP contribution in [0.5, 0.6) is 11.5 Å². The molecule has 0 aromatic heterocycles. The summed E-state index contributed by atoms with van der Waals surface area (Å²) in [6.45, 7) is 0. The smallest absolute Gasteiger partial charge is 0.169 e. The summed E-state index contributed by atoms with van der Waals surface area (Å²) in [6.07, 6.45) is 2.31. The van der Waals surface area contributed by atoms with Crippen molar-refractivity contribution >= 4 is 11.6 Å². The minimum absolute atomic E-state index is 0.0620. The van der Waals surface area contributed by atoms with Crippen molar-refractivity contribution in [3.63, 3.8) is 0 Å². The SMILES string of the molecule is COc1ccc(C(=O)C2CCC(=O)CC2)c(OC)c1. The van der Waals surface area contributed by atoms with Crippen molar-refractivity contribution in [1.29, 1.82) is 0 Å². The first-order valence-electron chi connectivity index (χ1n) is 6.43. The second-order valence-corrected chi connectivity index (χ2v) is 4.74. The third kappa shape index (κ3) is 2.95. The predicted octanol–water partition coefficient (Wildman–Crippen LogP) is 2.65. The van der Waals surface area contributed by atoms with Gasteiger partial charge in [0.15, 0.2) is 5.78 Å². The van der Waals surface area contributed by atoms with Crippen LogP contribution in [0, 0.1) is 5.92 Å². The monoisotopic (exact) mass is 262 g/mol. The average Bonchev–Trinajstić information content (AvgIpc) is 2.46. The zero-order valence-electron chi connectivity index (χ0n) is 11.3. The minimum atomic E-state index is -0.0694. The molecule has 0 amide bonds. The lowest BCUT2D eigenvalue weighted by Gasteiger charge is -2.20. The fourth-order valence-corrected chi connectivity index (χ4v) is 2.42. The molecule has 0 atom stereocenters. The number of hydrogen-bond acceptors (Lipinski definition) is 4. The normalized spacial score (nSPS) is 16.2. The Morgan fingerprint density at radius 2 is 1.84 bits per heavy atom. The highest BCUT2D eigenvalue weighted by Crippen LogP contribution is 2.31. The molecular formula is C15H18O4. The zero-order chi connectivity index (χ0) is 13.8. The largest absolute Gasteiger partial charge is 0.497 e. The lowest BCUT2D eigenvalue weighted by molar-refractivity contribution is -0.120. The molecule has 1 aromatic rings. The van der Waals surface area contributed by atoms with E-state index in [1.165, 1.54) is 7.11 Å². The van der Waals surface area contributed by atoms with E-state index < -0.39 is 0 Å². The zero-order valence-corrected chi connectivity index (χ0v) is 11.3. The third-order valence-electron chi connectivity index (χ3n) is 3.59. The second kappa shape index (κ2) is 5.87. The maximum absolute atomic E-state index is 12.5. The Hall–Kier alpha value is -1.84. The summed E-state index contributed by atoms with van der Waals surface area (Å²) in [7, 11) is 3.11. The molecule has 19 heavy (non-hydrogen) atoms. The van der Waals surface area contributed by atoms with Crippen LogP contribution in [0.15, 0.2) is 18.2 Å². The highest BCUT2D eigenvalue weighted by Gasteiger charge is 2.27. The van der Waals surface area contributed by atoms with Gasteiger partial charge in [0.05, 0.1) is 19.8 Å². The van der Waals surface area contributed by atoms with Crippen molar-refractivity contribution in [2.24, 2.45) is 5.92 Å². The fourth-order valence-electron chi connectivity index (χ4n) is 2.42. The van der Waals surface area contributed by atoms with Crippen molar-refractivity contribution in [1.82, 2.24) is 0 Å². The topological polar surface area (TPSA) is 52.6 Å². The van der Waals surface area contributed by atoms with Gasteiger partial charge in [0.1, 0.15) is 17.3 Å². The molecule has 0 spiro atoms. The van der Waals surface area contributed by atoms with Crippen molar-refractivity contribution in [3.05, 3.63) is 23.8 Å². The summed E-state index contributed by atoms with van der Waals surface area (Å²) >= 11 is 0. The molecule has 1 aromatic carbocycles. The number of ketones is 2. The van der Waals surface area contributed by atoms with Gasteiger partial charge in [0.25, 0.3) is 0 Å². The Morgan fingerprint density at radius 3 is 2.42 bits per heavy atom. The fraction of sp³-hybridized carbons (Fsp3) is 0.467. The lowest BCUT2D eigenvalue weighted by Crippen LogP contribution is -2.22. The van der Waals surface area contributed by atoms with Crippen LogP contribution in [0.3, 0.4) is 0 Å². The number of methoxy groups -OCH3 is 2. The van der Waals surface area contributed by atoms with Crippen molar-refractivity contribution < 1.29 is 19.1 Å². The first-order valence-corrected chi connectivity index (χ1v) is 6.43. The number of hydrogen-bond donors (Lipinski definition) is 0. The average molecular weight is 262 g/mol. The standard InChI is InChI=1S/C15H18O4/c1-18-12-7-8-13(14(9-12)19-2)15(17)10-3-5-11(16)6-4-10/h7-10H,3-6H2,1-2H3. The molecule has 1 saturated carbocycles. The van der Waals surface area contributed by atoms with Gasteiger partial charge < -0.3 is 9.47 Å². The van der Waals surface area contributed by atoms with E-state index in [0.29, 0.717) is 42.7 Å². The van der Waals surface area contributed by atoms with Crippen LogP contribution in [-0.4, -0.2) is 25.8 Å². The van der Waals surface area contributed by atoms with Gasteiger partial charge in [-0.05, 0) is 25.0 Å². The van der Waals surface area contributed by atoms with Crippen LogP contribution in [0.2, 0.25) is 0 Å². The molecule has 0 bridgehead atoms. The highest BCUT2D eigenvalue weighted by molar-refractivity contribution is 6.01. The van der Waals surface area contributed by atoms with Gasteiger partial charge >= 0.3 is 0 Å². The van der Waals surface area contributed by atoms with Gasteiger partial charge in [-0.25, -0.2) is 0 Å². The Balaban J connectivity index is 2.21. The van der Waals surface area contributed by atoms with Gasteiger partial charge in [-0.3, -0.25) is 9.59 Å². The third-order valence-corrected chi connectivity index (χ3v) is 3.59. The van der Waals surface area contributed by atoms with Crippen molar-refractivity contribution in [2.45, 2.75) is 25.7 Å². The van der Waals surface area contributed by atoms with Crippen LogP contribution < -0.4 is 9.47 Å². The molecule has 0 aliphatic heterocycles. The number of carbonyl (C=O) groups excluding carboxylic acids is 2. The van der Waals surface area contributed by atoms with E-state index in [9.17, 15) is 9.59 Å². The quantitative estimate of drug-likeness (QED) is 0.783. The molecule has 1 fully saturated rings. The molecule has 1 aliphatic carbocycles. The van der Waals surface area contributed by atoms with Crippen LogP contribution in [0.4, 0.5) is 0 Å². The first kappa shape index (κ1) is 13.6. The first-order chi connectivity index (χ1) is 9.15. The van der Waals surface area contributed by atoms with Crippen LogP contribution in [0.1, 0.15) is 36.0 Å². The van der Waals surface area contributed by atoms with Crippen LogP contribution in [-0.2, 0) is 4.79 Å². The van der Waals surface area contributed by atoms with Gasteiger partial charge in [-0.1, -0.05) is 0 Å². The Bertz CT molecular complexity index is 483. The lowest BCUT2D eigenvalue weighted by atomic mass is 9.83. The highest BCUT2D eigenvalue weighted by atomic mass is 16.5. The number of Topliss-reactive ketones (excluding diaryl/α,β-unsaturated/α-hetero) is 2. The summed E-state index contributed by atoms with van der Waals surface area (Å²) < 4.78 is 10.4. The van der Waals surface area contributed by atoms with Gasteiger partial charge in [0, 0.05) is 24.8 Å². The Morgan fingerprint density at radius 1 is 1.16 bits per heavy atom. The van der Waals surface area contributed by atoms with E-state index >= 15 is 0 Å². The van der Waals surface area contributed by atoms with E-state index in [1.807, 2.05) is 0 Å². The molecule has 0 saturated heterocycles. The summed E-state index contributed by atoms with van der Waals surface area (Å²) in [4.78, 5) is 23.7. The molecule has 1 aliphatic rings. The summed E-state index contributed by atoms with van der Waals surface area (Å²) in [5.41, 5.74) is 0.572. The van der Waals surface area contributed by atoms with Crippen molar-refractivity contribution in [3.8, 4) is 11.5 Å². The van der Waals surface area contributed by atoms with E-state index in [1.54, 1.807) is 25.3 Å². The molecule has 0 radical (unpaired) electrons. The van der Waals surface area contributed by atoms with Crippen LogP contribution in [0.25, 0.3) is 0 Å². The Labute approximate surface area is 112 Å². The molecule has 102 valence electrons. The number of rotatable bonds is 4. The maximum Gasteiger partial charge on any atom is 0.169 e. The number of carbonyl (C=O) groups is 2. The summed E-state index contributed by atoms with van der Waals surface area (Å²) in [6, 6.07) is 5.20. The van der Waals surface area contributed by atoms with E-state index in [4.69, 9.17) is 9.47 Å². The number of benzene rings is 1. The van der Waals surface area contributed by atoms with Crippen LogP contribution >= 0.6 is 0 Å². The molecule has 0 heterocycles. The molecule has 0 unspecified atom stereocenters. The molecule has 0 N–H and O–H groups in total. The van der Waals surface area contributed by atoms with E-state index in [0.717, 1.165) is 0 Å². The number of ether oxygens (including phenoxy) is 2. The van der Waals surface area contributed by atoms with Gasteiger partial charge in [0.2, 0.25) is 0 Å². The summed E-state index contributed by atoms with van der Waals surface area (Å²) in [5.74, 6) is 1.44. The molecule has 4 heteroatoms. The minimum Gasteiger partial charge on any atom is -0.497 e. The van der Waals surface area contributed by atoms with Crippen molar-refractivity contribution in [2.75, 3.05) is 14.2 Å². The second-order valence-electron chi connectivity index (χ2n) is 4.74. The van der Waals surface area contributed by atoms with E-state index in [-0.39, 0.29) is 17.5 Å². The van der Waals surface area contributed by atoms with E-state index in [2.05, 4.69) is 0 Å². The predicted molar refractivity (Wildman–Crippen MR) is 70.8 cm³/mol. The van der Waals surface area contributed by atoms with Gasteiger partial charge in [-0.2, -0.15) is 0 Å². The van der Waals surface area contributed by atoms with Gasteiger partial charge in [-0.15, -0.1) is 0 Å².